The van der Waals surface area contributed by atoms with Crippen LogP contribution in [0.4, 0.5) is 4.79 Å². The van der Waals surface area contributed by atoms with Gasteiger partial charge in [0, 0.05) is 12.8 Å². The van der Waals surface area contributed by atoms with Gasteiger partial charge in [-0.15, -0.1) is 0 Å². The third-order valence-corrected chi connectivity index (χ3v) is 5.23. The lowest BCUT2D eigenvalue weighted by Crippen LogP contribution is -2.53. The van der Waals surface area contributed by atoms with Gasteiger partial charge in [0.1, 0.15) is 18.7 Å². The summed E-state index contributed by atoms with van der Waals surface area (Å²) in [6, 6.07) is 25.5. The SMILES string of the molecule is [N-]=[N+]=CC(=O)[C@H](Cc1ccccc1)NC(=O)[C@H](Cc1ccccc1)NC(=O)OCc1ccccc1. The largest absolute Gasteiger partial charge is 0.445 e. The van der Waals surface area contributed by atoms with E-state index >= 15 is 0 Å². The number of Topliss-reactive ketones (excluding diaryl/α,β-unsaturated/α-hetero) is 1. The standard InChI is InChI=1S/C27H26N4O4/c28-29-18-25(32)23(16-20-10-4-1-5-11-20)30-26(33)24(17-21-12-6-2-7-13-21)31-27(34)35-19-22-14-8-3-9-15-22/h1-15,18,23-24H,16-17,19H2,(H,30,33)(H,31,34)/t23-,24-/m0/s1. The molecule has 8 heteroatoms. The van der Waals surface area contributed by atoms with E-state index in [0.717, 1.165) is 22.9 Å². The topological polar surface area (TPSA) is 121 Å². The molecule has 2 atom stereocenters. The minimum absolute atomic E-state index is 0.0500. The van der Waals surface area contributed by atoms with E-state index < -0.39 is 29.9 Å². The van der Waals surface area contributed by atoms with Crippen molar-refractivity contribution in [3.63, 3.8) is 0 Å². The molecule has 0 heterocycles. The number of carbonyl (C=O) groups excluding carboxylic acids is 3. The molecular formula is C27H26N4O4. The third kappa shape index (κ3) is 8.38. The fourth-order valence-electron chi connectivity index (χ4n) is 3.46. The van der Waals surface area contributed by atoms with Gasteiger partial charge < -0.3 is 20.9 Å². The van der Waals surface area contributed by atoms with Crippen LogP contribution in [-0.4, -0.2) is 40.9 Å². The number of ether oxygens (including phenoxy) is 1. The Balaban J connectivity index is 1.73. The molecule has 0 unspecified atom stereocenters. The van der Waals surface area contributed by atoms with Gasteiger partial charge in [-0.1, -0.05) is 91.0 Å². The number of alkyl carbamates (subject to hydrolysis) is 1. The number of amides is 2. The number of ketones is 1. The highest BCUT2D eigenvalue weighted by molar-refractivity contribution is 6.28. The average molecular weight is 471 g/mol. The molecule has 2 N–H and O–H groups in total. The van der Waals surface area contributed by atoms with Gasteiger partial charge in [-0.3, -0.25) is 9.59 Å². The van der Waals surface area contributed by atoms with Crippen molar-refractivity contribution in [2.45, 2.75) is 31.5 Å². The average Bonchev–Trinajstić information content (AvgIpc) is 2.88. The summed E-state index contributed by atoms with van der Waals surface area (Å²) in [5.41, 5.74) is 11.3. The Morgan fingerprint density at radius 1 is 0.743 bits per heavy atom. The van der Waals surface area contributed by atoms with Crippen molar-refractivity contribution in [2.24, 2.45) is 0 Å². The van der Waals surface area contributed by atoms with Gasteiger partial charge in [-0.25, -0.2) is 4.79 Å². The van der Waals surface area contributed by atoms with Gasteiger partial charge in [0.25, 0.3) is 5.78 Å². The molecule has 0 saturated heterocycles. The van der Waals surface area contributed by atoms with Gasteiger partial charge in [0.05, 0.1) is 0 Å². The lowest BCUT2D eigenvalue weighted by Gasteiger charge is -2.22. The van der Waals surface area contributed by atoms with Crippen LogP contribution in [0.15, 0.2) is 91.0 Å². The highest BCUT2D eigenvalue weighted by Gasteiger charge is 2.28. The van der Waals surface area contributed by atoms with E-state index in [-0.39, 0.29) is 19.4 Å². The summed E-state index contributed by atoms with van der Waals surface area (Å²) in [5.74, 6) is -1.14. The smallest absolute Gasteiger partial charge is 0.408 e. The van der Waals surface area contributed by atoms with E-state index in [1.54, 1.807) is 0 Å². The van der Waals surface area contributed by atoms with Crippen molar-refractivity contribution in [2.75, 3.05) is 0 Å². The van der Waals surface area contributed by atoms with Crippen LogP contribution in [0, 0.1) is 0 Å². The van der Waals surface area contributed by atoms with Crippen LogP contribution in [0.2, 0.25) is 0 Å². The Labute approximate surface area is 203 Å². The molecule has 178 valence electrons. The van der Waals surface area contributed by atoms with Gasteiger partial charge >= 0.3 is 12.3 Å². The molecule has 0 aliphatic carbocycles. The maximum absolute atomic E-state index is 13.2. The van der Waals surface area contributed by atoms with Crippen LogP contribution in [0.1, 0.15) is 16.7 Å². The van der Waals surface area contributed by atoms with Crippen molar-refractivity contribution in [3.8, 4) is 0 Å². The number of benzene rings is 3. The van der Waals surface area contributed by atoms with Gasteiger partial charge in [0.15, 0.2) is 0 Å². The Morgan fingerprint density at radius 3 is 1.74 bits per heavy atom. The van der Waals surface area contributed by atoms with Gasteiger partial charge in [-0.2, -0.15) is 4.79 Å². The zero-order valence-corrected chi connectivity index (χ0v) is 19.0. The Bertz CT molecular complexity index is 1160. The second-order valence-electron chi connectivity index (χ2n) is 7.85. The fraction of sp³-hybridized carbons (Fsp3) is 0.185. The molecule has 3 aromatic rings. The molecule has 3 aromatic carbocycles. The predicted octanol–water partition coefficient (Wildman–Crippen LogP) is 3.12. The molecule has 0 bridgehead atoms. The molecule has 3 rings (SSSR count). The summed E-state index contributed by atoms with van der Waals surface area (Å²) in [4.78, 5) is 41.0. The second-order valence-corrected chi connectivity index (χ2v) is 7.85. The van der Waals surface area contributed by atoms with Crippen LogP contribution in [0.5, 0.6) is 0 Å². The summed E-state index contributed by atoms with van der Waals surface area (Å²) in [6.07, 6.45) is 0.371. The lowest BCUT2D eigenvalue weighted by molar-refractivity contribution is -0.127. The number of carbonyl (C=O) groups is 3. The summed E-state index contributed by atoms with van der Waals surface area (Å²) in [7, 11) is 0. The minimum atomic E-state index is -1.00. The summed E-state index contributed by atoms with van der Waals surface area (Å²) >= 11 is 0. The lowest BCUT2D eigenvalue weighted by atomic mass is 10.0. The zero-order valence-electron chi connectivity index (χ0n) is 19.0. The highest BCUT2D eigenvalue weighted by Crippen LogP contribution is 2.08. The molecule has 0 aliphatic heterocycles. The van der Waals surface area contributed by atoms with Crippen LogP contribution in [-0.2, 0) is 33.8 Å². The van der Waals surface area contributed by atoms with E-state index in [4.69, 9.17) is 10.3 Å². The quantitative estimate of drug-likeness (QED) is 0.254. The molecule has 0 aliphatic rings. The Kier molecular flexibility index (Phi) is 9.48. The molecule has 0 fully saturated rings. The molecule has 0 aromatic heterocycles. The van der Waals surface area contributed by atoms with Gasteiger partial charge in [-0.05, 0) is 16.7 Å². The van der Waals surface area contributed by atoms with E-state index in [2.05, 4.69) is 15.4 Å². The molecular weight excluding hydrogens is 444 g/mol. The van der Waals surface area contributed by atoms with Crippen LogP contribution in [0.3, 0.4) is 0 Å². The molecule has 2 amide bonds. The van der Waals surface area contributed by atoms with E-state index in [0.29, 0.717) is 0 Å². The van der Waals surface area contributed by atoms with Crippen molar-refractivity contribution >= 4 is 24.0 Å². The van der Waals surface area contributed by atoms with Crippen molar-refractivity contribution < 1.29 is 23.9 Å². The first-order valence-corrected chi connectivity index (χ1v) is 11.1. The number of hydrogen-bond donors (Lipinski definition) is 2. The van der Waals surface area contributed by atoms with E-state index in [1.165, 1.54) is 0 Å². The first-order valence-electron chi connectivity index (χ1n) is 11.1. The normalized spacial score (nSPS) is 11.9. The zero-order chi connectivity index (χ0) is 24.9. The number of nitrogens with zero attached hydrogens (tertiary/aromatic N) is 2. The number of hydrogen-bond acceptors (Lipinski definition) is 4. The fourth-order valence-corrected chi connectivity index (χ4v) is 3.46. The van der Waals surface area contributed by atoms with Gasteiger partial charge in [0.2, 0.25) is 5.91 Å². The molecule has 0 saturated carbocycles. The Morgan fingerprint density at radius 2 is 1.23 bits per heavy atom. The maximum atomic E-state index is 13.2. The molecule has 8 nitrogen and oxygen atoms in total. The first kappa shape index (κ1) is 25.1. The summed E-state index contributed by atoms with van der Waals surface area (Å²) < 4.78 is 5.28. The third-order valence-electron chi connectivity index (χ3n) is 5.23. The maximum Gasteiger partial charge on any atom is 0.408 e. The summed E-state index contributed by atoms with van der Waals surface area (Å²) in [5, 5.41) is 5.30. The van der Waals surface area contributed by atoms with Crippen molar-refractivity contribution in [3.05, 3.63) is 113 Å². The monoisotopic (exact) mass is 470 g/mol. The van der Waals surface area contributed by atoms with Crippen LogP contribution < -0.4 is 10.6 Å². The second kappa shape index (κ2) is 13.2. The van der Waals surface area contributed by atoms with E-state index in [9.17, 15) is 14.4 Å². The molecule has 0 radical (unpaired) electrons. The van der Waals surface area contributed by atoms with E-state index in [1.807, 2.05) is 91.0 Å². The predicted molar refractivity (Wildman–Crippen MR) is 130 cm³/mol. The Hall–Kier alpha value is -4.55. The van der Waals surface area contributed by atoms with Crippen LogP contribution >= 0.6 is 0 Å². The number of rotatable bonds is 11. The van der Waals surface area contributed by atoms with Crippen LogP contribution in [0.25, 0.3) is 5.53 Å². The molecule has 35 heavy (non-hydrogen) atoms. The minimum Gasteiger partial charge on any atom is -0.445 e. The summed E-state index contributed by atoms with van der Waals surface area (Å²) in [6.45, 7) is 0.0500. The van der Waals surface area contributed by atoms with Crippen molar-refractivity contribution in [1.29, 1.82) is 0 Å². The molecule has 0 spiro atoms. The van der Waals surface area contributed by atoms with Crippen molar-refractivity contribution in [1.82, 2.24) is 10.6 Å². The highest BCUT2D eigenvalue weighted by atomic mass is 16.5. The first-order chi connectivity index (χ1) is 17.0. The number of nitrogens with one attached hydrogen (secondary N) is 2.